The number of hydrogen-bond acceptors (Lipinski definition) is 2. The van der Waals surface area contributed by atoms with Crippen molar-refractivity contribution in [3.63, 3.8) is 0 Å². The number of aryl methyl sites for hydroxylation is 2. The van der Waals surface area contributed by atoms with E-state index in [2.05, 4.69) is 26.3 Å². The van der Waals surface area contributed by atoms with Gasteiger partial charge in [0.05, 0.1) is 11.3 Å². The largest absolute Gasteiger partial charge is 0.349 e. The second-order valence-electron chi connectivity index (χ2n) is 3.65. The zero-order valence-corrected chi connectivity index (χ0v) is 10.8. The molecular formula is C10H16BrN3O. The van der Waals surface area contributed by atoms with Gasteiger partial charge in [-0.15, -0.1) is 0 Å². The van der Waals surface area contributed by atoms with Gasteiger partial charge < -0.3 is 5.32 Å². The number of carbonyl (C=O) groups excluding carboxylic acids is 1. The first-order chi connectivity index (χ1) is 7.04. The van der Waals surface area contributed by atoms with Crippen LogP contribution in [0.2, 0.25) is 0 Å². The summed E-state index contributed by atoms with van der Waals surface area (Å²) in [7, 11) is 1.81. The monoisotopic (exact) mass is 273 g/mol. The third-order valence-corrected chi connectivity index (χ3v) is 2.64. The Labute approximate surface area is 98.2 Å². The van der Waals surface area contributed by atoms with Crippen LogP contribution in [0.15, 0.2) is 6.20 Å². The topological polar surface area (TPSA) is 46.9 Å². The van der Waals surface area contributed by atoms with Crippen LogP contribution in [0.5, 0.6) is 0 Å². The van der Waals surface area contributed by atoms with Crippen molar-refractivity contribution in [3.05, 3.63) is 17.5 Å². The Kier molecular flexibility index (Phi) is 4.32. The molecule has 1 heterocycles. The molecule has 0 spiro atoms. The molecule has 1 amide bonds. The van der Waals surface area contributed by atoms with Crippen LogP contribution < -0.4 is 5.32 Å². The molecule has 1 rings (SSSR count). The maximum absolute atomic E-state index is 11.8. The summed E-state index contributed by atoms with van der Waals surface area (Å²) in [6.07, 6.45) is 2.66. The standard InChI is InChI=1S/C10H16BrN3O/c1-7(4-5-11)12-10(15)9-6-14(3)13-8(9)2/h6-7H,4-5H2,1-3H3,(H,12,15). The maximum atomic E-state index is 11.8. The van der Waals surface area contributed by atoms with Crippen molar-refractivity contribution in [2.24, 2.45) is 7.05 Å². The molecule has 15 heavy (non-hydrogen) atoms. The molecule has 0 fully saturated rings. The highest BCUT2D eigenvalue weighted by molar-refractivity contribution is 9.09. The zero-order chi connectivity index (χ0) is 11.4. The van der Waals surface area contributed by atoms with Crippen LogP contribution in [0, 0.1) is 6.92 Å². The van der Waals surface area contributed by atoms with Crippen LogP contribution in [0.3, 0.4) is 0 Å². The van der Waals surface area contributed by atoms with Crippen molar-refractivity contribution in [1.29, 1.82) is 0 Å². The number of amides is 1. The lowest BCUT2D eigenvalue weighted by atomic mass is 10.2. The van der Waals surface area contributed by atoms with Crippen molar-refractivity contribution >= 4 is 21.8 Å². The molecular weight excluding hydrogens is 258 g/mol. The minimum atomic E-state index is -0.0472. The smallest absolute Gasteiger partial charge is 0.254 e. The number of carbonyl (C=O) groups is 1. The second kappa shape index (κ2) is 5.30. The van der Waals surface area contributed by atoms with Crippen molar-refractivity contribution in [2.75, 3.05) is 5.33 Å². The molecule has 0 aliphatic heterocycles. The summed E-state index contributed by atoms with van der Waals surface area (Å²) >= 11 is 3.35. The predicted molar refractivity (Wildman–Crippen MR) is 63.3 cm³/mol. The highest BCUT2D eigenvalue weighted by Gasteiger charge is 2.14. The van der Waals surface area contributed by atoms with Gasteiger partial charge in [-0.1, -0.05) is 15.9 Å². The Balaban J connectivity index is 2.65. The van der Waals surface area contributed by atoms with Crippen LogP contribution in [0.1, 0.15) is 29.4 Å². The maximum Gasteiger partial charge on any atom is 0.254 e. The first-order valence-electron chi connectivity index (χ1n) is 4.91. The van der Waals surface area contributed by atoms with Crippen LogP contribution in [-0.4, -0.2) is 27.1 Å². The number of alkyl halides is 1. The van der Waals surface area contributed by atoms with Crippen molar-refractivity contribution in [3.8, 4) is 0 Å². The number of aromatic nitrogens is 2. The average Bonchev–Trinajstić information content (AvgIpc) is 2.45. The van der Waals surface area contributed by atoms with E-state index < -0.39 is 0 Å². The molecule has 0 radical (unpaired) electrons. The normalized spacial score (nSPS) is 12.5. The van der Waals surface area contributed by atoms with E-state index in [-0.39, 0.29) is 11.9 Å². The van der Waals surface area contributed by atoms with Crippen LogP contribution in [0.4, 0.5) is 0 Å². The first kappa shape index (κ1) is 12.2. The molecule has 1 aromatic rings. The Hall–Kier alpha value is -0.840. The minimum Gasteiger partial charge on any atom is -0.349 e. The van der Waals surface area contributed by atoms with Gasteiger partial charge in [-0.05, 0) is 20.3 Å². The Morgan fingerprint density at radius 3 is 2.87 bits per heavy atom. The molecule has 84 valence electrons. The second-order valence-corrected chi connectivity index (χ2v) is 4.45. The highest BCUT2D eigenvalue weighted by Crippen LogP contribution is 2.05. The molecule has 1 N–H and O–H groups in total. The van der Waals surface area contributed by atoms with Gasteiger partial charge in [0.2, 0.25) is 0 Å². The van der Waals surface area contributed by atoms with Gasteiger partial charge >= 0.3 is 0 Å². The van der Waals surface area contributed by atoms with Gasteiger partial charge in [0.25, 0.3) is 5.91 Å². The summed E-state index contributed by atoms with van der Waals surface area (Å²) in [4.78, 5) is 11.8. The van der Waals surface area contributed by atoms with Crippen LogP contribution in [0.25, 0.3) is 0 Å². The van der Waals surface area contributed by atoms with E-state index >= 15 is 0 Å². The lowest BCUT2D eigenvalue weighted by Gasteiger charge is -2.11. The summed E-state index contributed by atoms with van der Waals surface area (Å²) < 4.78 is 1.65. The van der Waals surface area contributed by atoms with E-state index in [1.807, 2.05) is 20.9 Å². The summed E-state index contributed by atoms with van der Waals surface area (Å²) in [5.41, 5.74) is 1.42. The summed E-state index contributed by atoms with van der Waals surface area (Å²) in [5.74, 6) is -0.0472. The van der Waals surface area contributed by atoms with E-state index in [0.717, 1.165) is 17.4 Å². The van der Waals surface area contributed by atoms with E-state index in [4.69, 9.17) is 0 Å². The molecule has 0 bridgehead atoms. The Bertz CT molecular complexity index is 348. The van der Waals surface area contributed by atoms with Gasteiger partial charge in [0.15, 0.2) is 0 Å². The van der Waals surface area contributed by atoms with Gasteiger partial charge in [0.1, 0.15) is 0 Å². The molecule has 0 saturated carbocycles. The quantitative estimate of drug-likeness (QED) is 0.848. The zero-order valence-electron chi connectivity index (χ0n) is 9.25. The Morgan fingerprint density at radius 2 is 2.40 bits per heavy atom. The third kappa shape index (κ3) is 3.34. The average molecular weight is 274 g/mol. The molecule has 1 unspecified atom stereocenters. The van der Waals surface area contributed by atoms with Gasteiger partial charge in [-0.2, -0.15) is 5.10 Å². The van der Waals surface area contributed by atoms with Gasteiger partial charge in [-0.25, -0.2) is 0 Å². The Morgan fingerprint density at radius 1 is 1.73 bits per heavy atom. The van der Waals surface area contributed by atoms with E-state index in [1.165, 1.54) is 0 Å². The van der Waals surface area contributed by atoms with Crippen molar-refractivity contribution in [2.45, 2.75) is 26.3 Å². The molecule has 0 aliphatic carbocycles. The number of nitrogens with one attached hydrogen (secondary N) is 1. The van der Waals surface area contributed by atoms with E-state index in [1.54, 1.807) is 10.9 Å². The first-order valence-corrected chi connectivity index (χ1v) is 6.03. The van der Waals surface area contributed by atoms with Crippen LogP contribution >= 0.6 is 15.9 Å². The predicted octanol–water partition coefficient (Wildman–Crippen LogP) is 1.63. The van der Waals surface area contributed by atoms with Gasteiger partial charge in [0, 0.05) is 24.6 Å². The molecule has 4 nitrogen and oxygen atoms in total. The van der Waals surface area contributed by atoms with Gasteiger partial charge in [-0.3, -0.25) is 9.48 Å². The van der Waals surface area contributed by atoms with Crippen LogP contribution in [-0.2, 0) is 7.05 Å². The number of rotatable bonds is 4. The fourth-order valence-electron chi connectivity index (χ4n) is 1.36. The third-order valence-electron chi connectivity index (χ3n) is 2.18. The lowest BCUT2D eigenvalue weighted by Crippen LogP contribution is -2.32. The number of nitrogens with zero attached hydrogens (tertiary/aromatic N) is 2. The SMILES string of the molecule is Cc1nn(C)cc1C(=O)NC(C)CCBr. The summed E-state index contributed by atoms with van der Waals surface area (Å²) in [6.45, 7) is 3.83. The molecule has 1 atom stereocenters. The molecule has 1 aromatic heterocycles. The molecule has 0 aliphatic rings. The summed E-state index contributed by atoms with van der Waals surface area (Å²) in [5, 5.41) is 7.95. The minimum absolute atomic E-state index is 0.0472. The van der Waals surface area contributed by atoms with E-state index in [9.17, 15) is 4.79 Å². The molecule has 0 aromatic carbocycles. The molecule has 0 saturated heterocycles. The fraction of sp³-hybridized carbons (Fsp3) is 0.600. The fourth-order valence-corrected chi connectivity index (χ4v) is 2.05. The van der Waals surface area contributed by atoms with Crippen molar-refractivity contribution < 1.29 is 4.79 Å². The number of hydrogen-bond donors (Lipinski definition) is 1. The lowest BCUT2D eigenvalue weighted by molar-refractivity contribution is 0.0939. The van der Waals surface area contributed by atoms with E-state index in [0.29, 0.717) is 5.56 Å². The number of halogens is 1. The molecule has 5 heteroatoms. The highest BCUT2D eigenvalue weighted by atomic mass is 79.9. The van der Waals surface area contributed by atoms with Crippen molar-refractivity contribution in [1.82, 2.24) is 15.1 Å². The summed E-state index contributed by atoms with van der Waals surface area (Å²) in [6, 6.07) is 0.177.